The highest BCUT2D eigenvalue weighted by atomic mass is 16.1. The topological polar surface area (TPSA) is 32.7 Å². The lowest BCUT2D eigenvalue weighted by atomic mass is 9.79. The number of hydrogen-bond acceptors (Lipinski definition) is 3. The first kappa shape index (κ1) is 18.8. The Morgan fingerprint density at radius 3 is 2.16 bits per heavy atom. The van der Waals surface area contributed by atoms with Crippen molar-refractivity contribution in [2.75, 3.05) is 0 Å². The largest absolute Gasteiger partial charge is 0.310 e. The SMILES string of the molecule is O=C1C=CC2=N[C@@]3(c4ccccc4)C[C@@H](c4ccccc4)C=C(c4ccccc4)N3C2=C1. The van der Waals surface area contributed by atoms with Crippen LogP contribution in [0.2, 0.25) is 0 Å². The van der Waals surface area contributed by atoms with Crippen LogP contribution in [0.1, 0.15) is 29.0 Å². The highest BCUT2D eigenvalue weighted by molar-refractivity contribution is 6.21. The average Bonchev–Trinajstić information content (AvgIpc) is 3.20. The van der Waals surface area contributed by atoms with Gasteiger partial charge in [0.25, 0.3) is 0 Å². The molecule has 0 spiro atoms. The van der Waals surface area contributed by atoms with Gasteiger partial charge in [0, 0.05) is 29.7 Å². The molecule has 2 atom stereocenters. The molecule has 3 aromatic rings. The molecule has 2 aliphatic heterocycles. The third-order valence-corrected chi connectivity index (χ3v) is 6.50. The number of aliphatic imine (C=N–C) groups is 1. The van der Waals surface area contributed by atoms with Gasteiger partial charge in [-0.15, -0.1) is 0 Å². The molecule has 3 heteroatoms. The van der Waals surface area contributed by atoms with Crippen molar-refractivity contribution in [2.24, 2.45) is 4.99 Å². The highest BCUT2D eigenvalue weighted by Crippen LogP contribution is 2.54. The lowest BCUT2D eigenvalue weighted by Gasteiger charge is -2.45. The number of ketones is 1. The van der Waals surface area contributed by atoms with E-state index in [9.17, 15) is 4.79 Å². The van der Waals surface area contributed by atoms with Crippen LogP contribution in [0.3, 0.4) is 0 Å². The van der Waals surface area contributed by atoms with Crippen LogP contribution in [0.4, 0.5) is 0 Å². The number of benzene rings is 3. The van der Waals surface area contributed by atoms with Crippen molar-refractivity contribution in [1.82, 2.24) is 4.90 Å². The van der Waals surface area contributed by atoms with Crippen molar-refractivity contribution >= 4 is 17.2 Å². The predicted molar refractivity (Wildman–Crippen MR) is 128 cm³/mol. The van der Waals surface area contributed by atoms with Gasteiger partial charge in [0.05, 0.1) is 11.4 Å². The molecular weight excluding hydrogens is 392 g/mol. The summed E-state index contributed by atoms with van der Waals surface area (Å²) in [6.45, 7) is 0. The van der Waals surface area contributed by atoms with E-state index in [1.807, 2.05) is 18.2 Å². The van der Waals surface area contributed by atoms with Crippen LogP contribution in [0.15, 0.2) is 126 Å². The molecule has 0 aromatic heterocycles. The van der Waals surface area contributed by atoms with Crippen LogP contribution >= 0.6 is 0 Å². The standard InChI is InChI=1S/C29H22N2O/c32-25-16-17-26-28(19-25)31-27(22-12-6-2-7-13-22)18-23(21-10-4-1-5-11-21)20-29(31,30-26)24-14-8-3-9-15-24/h1-19,23H,20H2/t23-,29-/m0/s1. The number of fused-ring (bicyclic) bond motifs is 3. The molecule has 0 amide bonds. The van der Waals surface area contributed by atoms with Gasteiger partial charge in [0.1, 0.15) is 0 Å². The number of carbonyl (C=O) groups excluding carboxylic acids is 1. The van der Waals surface area contributed by atoms with Gasteiger partial charge in [-0.05, 0) is 23.3 Å². The normalized spacial score (nSPS) is 23.8. The van der Waals surface area contributed by atoms with E-state index in [0.717, 1.165) is 34.7 Å². The first-order valence-corrected chi connectivity index (χ1v) is 11.0. The summed E-state index contributed by atoms with van der Waals surface area (Å²) in [6.07, 6.45) is 8.33. The number of allylic oxidation sites excluding steroid dienone is 4. The van der Waals surface area contributed by atoms with E-state index in [1.54, 1.807) is 12.2 Å². The molecule has 0 saturated carbocycles. The lowest BCUT2D eigenvalue weighted by Crippen LogP contribution is -2.43. The van der Waals surface area contributed by atoms with Gasteiger partial charge < -0.3 is 4.90 Å². The highest BCUT2D eigenvalue weighted by Gasteiger charge is 2.51. The quantitative estimate of drug-likeness (QED) is 0.504. The molecule has 1 aliphatic carbocycles. The summed E-state index contributed by atoms with van der Waals surface area (Å²) >= 11 is 0. The van der Waals surface area contributed by atoms with Gasteiger partial charge in [0.15, 0.2) is 11.4 Å². The summed E-state index contributed by atoms with van der Waals surface area (Å²) in [4.78, 5) is 20.0. The van der Waals surface area contributed by atoms with Gasteiger partial charge >= 0.3 is 0 Å². The number of nitrogens with zero attached hydrogens (tertiary/aromatic N) is 2. The van der Waals surface area contributed by atoms with Gasteiger partial charge in [-0.2, -0.15) is 0 Å². The Morgan fingerprint density at radius 2 is 1.44 bits per heavy atom. The second kappa shape index (κ2) is 7.31. The maximum absolute atomic E-state index is 12.4. The van der Waals surface area contributed by atoms with E-state index in [-0.39, 0.29) is 11.7 Å². The minimum Gasteiger partial charge on any atom is -0.310 e. The number of carbonyl (C=O) groups is 1. The molecule has 6 rings (SSSR count). The molecular formula is C29H22N2O. The minimum absolute atomic E-state index is 0.000376. The fourth-order valence-electron chi connectivity index (χ4n) is 5.09. The van der Waals surface area contributed by atoms with Gasteiger partial charge in [-0.1, -0.05) is 97.1 Å². The smallest absolute Gasteiger partial charge is 0.180 e. The molecule has 3 aromatic carbocycles. The number of rotatable bonds is 3. The number of hydrogen-bond donors (Lipinski definition) is 0. The summed E-state index contributed by atoms with van der Waals surface area (Å²) in [6, 6.07) is 31.5. The van der Waals surface area contributed by atoms with E-state index >= 15 is 0 Å². The Morgan fingerprint density at radius 1 is 0.781 bits per heavy atom. The maximum atomic E-state index is 12.4. The summed E-state index contributed by atoms with van der Waals surface area (Å²) < 4.78 is 0. The Labute approximate surface area is 187 Å². The fourth-order valence-corrected chi connectivity index (χ4v) is 5.09. The Hall–Kier alpha value is -3.98. The molecule has 32 heavy (non-hydrogen) atoms. The van der Waals surface area contributed by atoms with Crippen LogP contribution in [0, 0.1) is 0 Å². The van der Waals surface area contributed by atoms with Gasteiger partial charge in [-0.3, -0.25) is 9.79 Å². The zero-order valence-corrected chi connectivity index (χ0v) is 17.6. The summed E-state index contributed by atoms with van der Waals surface area (Å²) in [7, 11) is 0. The van der Waals surface area contributed by atoms with E-state index in [2.05, 4.69) is 89.8 Å². The average molecular weight is 415 g/mol. The van der Waals surface area contributed by atoms with E-state index < -0.39 is 5.66 Å². The third-order valence-electron chi connectivity index (χ3n) is 6.50. The van der Waals surface area contributed by atoms with Crippen molar-refractivity contribution in [2.45, 2.75) is 18.0 Å². The van der Waals surface area contributed by atoms with Gasteiger partial charge in [0.2, 0.25) is 0 Å². The molecule has 0 saturated heterocycles. The van der Waals surface area contributed by atoms with Crippen molar-refractivity contribution in [1.29, 1.82) is 0 Å². The minimum atomic E-state index is -0.613. The van der Waals surface area contributed by atoms with E-state index in [4.69, 9.17) is 4.99 Å². The molecule has 0 bridgehead atoms. The fraction of sp³-hybridized carbons (Fsp3) is 0.103. The molecule has 3 aliphatic rings. The molecule has 0 fully saturated rings. The van der Waals surface area contributed by atoms with E-state index in [0.29, 0.717) is 0 Å². The van der Waals surface area contributed by atoms with Crippen LogP contribution in [0.25, 0.3) is 5.70 Å². The van der Waals surface area contributed by atoms with Crippen LogP contribution in [-0.2, 0) is 10.5 Å². The third kappa shape index (κ3) is 2.89. The van der Waals surface area contributed by atoms with Crippen LogP contribution in [-0.4, -0.2) is 16.4 Å². The molecule has 0 radical (unpaired) electrons. The van der Waals surface area contributed by atoms with E-state index in [1.165, 1.54) is 5.56 Å². The maximum Gasteiger partial charge on any atom is 0.180 e. The molecule has 0 N–H and O–H groups in total. The zero-order chi connectivity index (χ0) is 21.5. The summed E-state index contributed by atoms with van der Waals surface area (Å²) in [5.74, 6) is 0.188. The van der Waals surface area contributed by atoms with Crippen molar-refractivity contribution in [3.8, 4) is 0 Å². The second-order valence-electron chi connectivity index (χ2n) is 8.42. The monoisotopic (exact) mass is 414 g/mol. The first-order valence-electron chi connectivity index (χ1n) is 11.0. The van der Waals surface area contributed by atoms with Gasteiger partial charge in [-0.25, -0.2) is 0 Å². The first-order chi connectivity index (χ1) is 15.7. The van der Waals surface area contributed by atoms with Crippen molar-refractivity contribution < 1.29 is 4.79 Å². The summed E-state index contributed by atoms with van der Waals surface area (Å²) in [5, 5.41) is 0. The summed E-state index contributed by atoms with van der Waals surface area (Å²) in [5.41, 5.74) is 5.73. The molecule has 154 valence electrons. The molecule has 3 nitrogen and oxygen atoms in total. The predicted octanol–water partition coefficient (Wildman–Crippen LogP) is 5.85. The molecule has 0 unspecified atom stereocenters. The van der Waals surface area contributed by atoms with Crippen LogP contribution in [0.5, 0.6) is 0 Å². The Bertz CT molecular complexity index is 1300. The van der Waals surface area contributed by atoms with Crippen molar-refractivity contribution in [3.05, 3.63) is 138 Å². The van der Waals surface area contributed by atoms with Crippen molar-refractivity contribution in [3.63, 3.8) is 0 Å². The Kier molecular flexibility index (Phi) is 4.29. The second-order valence-corrected chi connectivity index (χ2v) is 8.42. The lowest BCUT2D eigenvalue weighted by molar-refractivity contribution is -0.110. The zero-order valence-electron chi connectivity index (χ0n) is 17.6. The van der Waals surface area contributed by atoms with Crippen LogP contribution < -0.4 is 0 Å². The Balaban J connectivity index is 1.63. The molecule has 2 heterocycles.